The largest absolute Gasteiger partial charge is 0.507 e. The SMILES string of the molecule is CC(=O)O.CC(=O)O.CC(=O)O.Cc1cccc(C=NCCN=Cc2cccc(C)c2O)c1O.O=Cc1cccc(O)c1O.[Mn].[Mn]. The Morgan fingerprint density at radius 2 is 0.891 bits per heavy atom. The quantitative estimate of drug-likeness (QED) is 0.0618. The van der Waals surface area contributed by atoms with Crippen LogP contribution in [0.2, 0.25) is 0 Å². The Kier molecular flexibility index (Phi) is 29.2. The Morgan fingerprint density at radius 3 is 1.20 bits per heavy atom. The second-order valence-corrected chi connectivity index (χ2v) is 8.49. The molecule has 3 rings (SSSR count). The minimum atomic E-state index is -0.833. The maximum absolute atomic E-state index is 10.1. The summed E-state index contributed by atoms with van der Waals surface area (Å²) in [6.45, 7) is 8.00. The molecule has 2 radical (unpaired) electrons. The van der Waals surface area contributed by atoms with Gasteiger partial charge in [-0.25, -0.2) is 0 Å². The molecule has 15 heteroatoms. The topological polar surface area (TPSA) is 235 Å². The first kappa shape index (κ1) is 48.2. The minimum Gasteiger partial charge on any atom is -0.507 e. The van der Waals surface area contributed by atoms with Crippen molar-refractivity contribution in [3.8, 4) is 23.0 Å². The van der Waals surface area contributed by atoms with E-state index in [1.54, 1.807) is 12.4 Å². The number of carbonyl (C=O) groups excluding carboxylic acids is 1. The Hall–Kier alpha value is -4.68. The smallest absolute Gasteiger partial charge is 0.300 e. The van der Waals surface area contributed by atoms with E-state index in [9.17, 15) is 15.0 Å². The number of para-hydroxylation sites is 3. The van der Waals surface area contributed by atoms with Crippen molar-refractivity contribution in [3.63, 3.8) is 0 Å². The van der Waals surface area contributed by atoms with E-state index in [4.69, 9.17) is 39.9 Å². The molecule has 3 aromatic carbocycles. The van der Waals surface area contributed by atoms with Crippen molar-refractivity contribution in [1.29, 1.82) is 0 Å². The fourth-order valence-corrected chi connectivity index (χ4v) is 2.66. The molecule has 0 aliphatic heterocycles. The fourth-order valence-electron chi connectivity index (χ4n) is 2.66. The van der Waals surface area contributed by atoms with E-state index in [2.05, 4.69) is 9.98 Å². The molecule has 13 nitrogen and oxygen atoms in total. The predicted octanol–water partition coefficient (Wildman–Crippen LogP) is 4.43. The molecular weight excluding hydrogens is 686 g/mol. The van der Waals surface area contributed by atoms with Crippen molar-refractivity contribution in [3.05, 3.63) is 82.4 Å². The number of hydrogen-bond acceptors (Lipinski definition) is 10. The number of carbonyl (C=O) groups is 4. The van der Waals surface area contributed by atoms with Gasteiger partial charge in [0.25, 0.3) is 17.9 Å². The van der Waals surface area contributed by atoms with Crippen molar-refractivity contribution >= 4 is 36.6 Å². The van der Waals surface area contributed by atoms with Crippen LogP contribution in [0.3, 0.4) is 0 Å². The molecule has 0 aliphatic carbocycles. The van der Waals surface area contributed by atoms with Crippen LogP contribution in [0.5, 0.6) is 23.0 Å². The van der Waals surface area contributed by atoms with Gasteiger partial charge >= 0.3 is 0 Å². The number of carboxylic acid groups (broad SMARTS) is 3. The number of nitrogens with zero attached hydrogens (tertiary/aromatic N) is 2. The molecule has 0 aromatic heterocycles. The van der Waals surface area contributed by atoms with Gasteiger partial charge < -0.3 is 35.7 Å². The van der Waals surface area contributed by atoms with Crippen LogP contribution in [0, 0.1) is 13.8 Å². The second kappa shape index (κ2) is 27.8. The molecule has 252 valence electrons. The normalized spacial score (nSPS) is 9.15. The van der Waals surface area contributed by atoms with Gasteiger partial charge in [-0.2, -0.15) is 0 Å². The molecule has 0 saturated carbocycles. The summed E-state index contributed by atoms with van der Waals surface area (Å²) < 4.78 is 0. The molecule has 3 aromatic rings. The first-order chi connectivity index (χ1) is 20.5. The zero-order valence-corrected chi connectivity index (χ0v) is 28.1. The van der Waals surface area contributed by atoms with Gasteiger partial charge in [-0.3, -0.25) is 29.2 Å². The molecule has 0 spiro atoms. The van der Waals surface area contributed by atoms with Gasteiger partial charge in [-0.1, -0.05) is 30.3 Å². The van der Waals surface area contributed by atoms with Gasteiger partial charge in [0.15, 0.2) is 17.8 Å². The average molecular weight is 725 g/mol. The Bertz CT molecular complexity index is 1330. The van der Waals surface area contributed by atoms with Crippen LogP contribution < -0.4 is 0 Å². The predicted molar refractivity (Wildman–Crippen MR) is 166 cm³/mol. The number of phenols is 4. The minimum absolute atomic E-state index is 0. The molecule has 0 bridgehead atoms. The van der Waals surface area contributed by atoms with E-state index < -0.39 is 17.9 Å². The summed E-state index contributed by atoms with van der Waals surface area (Å²) >= 11 is 0. The molecule has 7 N–H and O–H groups in total. The van der Waals surface area contributed by atoms with E-state index in [1.165, 1.54) is 18.2 Å². The summed E-state index contributed by atoms with van der Waals surface area (Å²) in [4.78, 5) is 45.6. The summed E-state index contributed by atoms with van der Waals surface area (Å²) in [6, 6.07) is 15.3. The standard InChI is InChI=1S/C18H20N2O2.C7H6O3.3C2H4O2.2Mn/c1-13-5-3-7-15(17(13)21)11-19-9-10-20-12-16-8-4-6-14(2)18(16)22;8-4-5-2-1-3-6(9)7(5)10;3*1-2(3)4;;/h3-8,11-12,21-22H,9-10H2,1-2H3;1-4,9-10H;3*1H3,(H,3,4);;. The van der Waals surface area contributed by atoms with Gasteiger partial charge in [-0.15, -0.1) is 0 Å². The molecular formula is C31H38Mn2N2O11. The van der Waals surface area contributed by atoms with Crippen LogP contribution >= 0.6 is 0 Å². The first-order valence-corrected chi connectivity index (χ1v) is 12.7. The van der Waals surface area contributed by atoms with Crippen LogP contribution in [0.4, 0.5) is 0 Å². The number of aliphatic carboxylic acids is 3. The van der Waals surface area contributed by atoms with Crippen LogP contribution in [-0.2, 0) is 48.5 Å². The number of rotatable bonds is 6. The third kappa shape index (κ3) is 24.7. The Labute approximate surface area is 288 Å². The maximum atomic E-state index is 10.1. The van der Waals surface area contributed by atoms with Crippen molar-refractivity contribution in [2.75, 3.05) is 13.1 Å². The summed E-state index contributed by atoms with van der Waals surface area (Å²) in [5.41, 5.74) is 3.18. The van der Waals surface area contributed by atoms with Gasteiger partial charge in [0.2, 0.25) is 0 Å². The van der Waals surface area contributed by atoms with Gasteiger partial charge in [-0.05, 0) is 49.2 Å². The molecule has 0 amide bonds. The monoisotopic (exact) mass is 724 g/mol. The Balaban J connectivity index is -0.000000305. The number of aryl methyl sites for hydroxylation is 2. The zero-order chi connectivity index (χ0) is 34.2. The van der Waals surface area contributed by atoms with Crippen LogP contribution in [0.1, 0.15) is 53.4 Å². The summed E-state index contributed by atoms with van der Waals surface area (Å²) in [7, 11) is 0. The molecule has 46 heavy (non-hydrogen) atoms. The zero-order valence-electron chi connectivity index (χ0n) is 25.8. The molecule has 0 aliphatic rings. The van der Waals surface area contributed by atoms with Gasteiger partial charge in [0, 0.05) is 78.5 Å². The number of aromatic hydroxyl groups is 4. The van der Waals surface area contributed by atoms with Crippen LogP contribution in [-0.4, -0.2) is 85.5 Å². The maximum Gasteiger partial charge on any atom is 0.300 e. The van der Waals surface area contributed by atoms with Crippen molar-refractivity contribution in [1.82, 2.24) is 0 Å². The van der Waals surface area contributed by atoms with Crippen molar-refractivity contribution < 1.29 is 89.1 Å². The molecule has 0 unspecified atom stereocenters. The van der Waals surface area contributed by atoms with E-state index in [-0.39, 0.29) is 62.7 Å². The molecule has 0 saturated heterocycles. The average Bonchev–Trinajstić information content (AvgIpc) is 2.92. The number of benzene rings is 3. The summed E-state index contributed by atoms with van der Waals surface area (Å²) in [6.07, 6.45) is 3.79. The van der Waals surface area contributed by atoms with Crippen molar-refractivity contribution in [2.24, 2.45) is 9.98 Å². The van der Waals surface area contributed by atoms with Crippen LogP contribution in [0.15, 0.2) is 64.6 Å². The van der Waals surface area contributed by atoms with E-state index in [0.717, 1.165) is 31.9 Å². The molecule has 0 heterocycles. The van der Waals surface area contributed by atoms with E-state index >= 15 is 0 Å². The first-order valence-electron chi connectivity index (χ1n) is 12.7. The van der Waals surface area contributed by atoms with E-state index in [1.807, 2.05) is 50.2 Å². The summed E-state index contributed by atoms with van der Waals surface area (Å²) in [5.74, 6) is -2.61. The number of hydrogen-bond donors (Lipinski definition) is 7. The second-order valence-electron chi connectivity index (χ2n) is 8.49. The van der Waals surface area contributed by atoms with E-state index in [0.29, 0.717) is 30.5 Å². The molecule has 0 atom stereocenters. The number of carboxylic acids is 3. The van der Waals surface area contributed by atoms with Crippen LogP contribution in [0.25, 0.3) is 0 Å². The number of aliphatic imine (C=N–C) groups is 2. The number of aldehydes is 1. The summed E-state index contributed by atoms with van der Waals surface area (Å²) in [5, 5.41) is 59.7. The van der Waals surface area contributed by atoms with Gasteiger partial charge in [0.05, 0.1) is 18.7 Å². The number of phenolic OH excluding ortho intramolecular Hbond substituents is 4. The Morgan fingerprint density at radius 1 is 0.587 bits per heavy atom. The molecule has 0 fully saturated rings. The van der Waals surface area contributed by atoms with Crippen molar-refractivity contribution in [2.45, 2.75) is 34.6 Å². The third-order valence-corrected chi connectivity index (χ3v) is 4.53. The fraction of sp³-hybridized carbons (Fsp3) is 0.226. The van der Waals surface area contributed by atoms with Gasteiger partial charge in [0.1, 0.15) is 11.5 Å². The third-order valence-electron chi connectivity index (χ3n) is 4.53.